The smallest absolute Gasteiger partial charge is 0.307 e. The van der Waals surface area contributed by atoms with Gasteiger partial charge in [0.25, 0.3) is 11.1 Å². The van der Waals surface area contributed by atoms with Crippen molar-refractivity contribution in [1.29, 1.82) is 0 Å². The van der Waals surface area contributed by atoms with Crippen LogP contribution in [0.2, 0.25) is 0 Å². The molecule has 2 N–H and O–H groups in total. The van der Waals surface area contributed by atoms with Crippen LogP contribution in [0.25, 0.3) is 17.4 Å². The van der Waals surface area contributed by atoms with Gasteiger partial charge in [-0.25, -0.2) is 0 Å². The van der Waals surface area contributed by atoms with Crippen LogP contribution in [0.5, 0.6) is 0 Å². The van der Waals surface area contributed by atoms with Crippen LogP contribution >= 0.6 is 11.8 Å². The zero-order valence-corrected chi connectivity index (χ0v) is 12.6. The molecule has 0 atom stereocenters. The predicted octanol–water partition coefficient (Wildman–Crippen LogP) is 2.90. The maximum Gasteiger partial charge on any atom is 0.307 e. The maximum absolute atomic E-state index is 11.5. The quantitative estimate of drug-likeness (QED) is 0.837. The lowest BCUT2D eigenvalue weighted by molar-refractivity contribution is -0.136. The molecule has 1 aliphatic heterocycles. The van der Waals surface area contributed by atoms with E-state index in [2.05, 4.69) is 5.32 Å². The summed E-state index contributed by atoms with van der Waals surface area (Å²) in [7, 11) is 0. The Kier molecular flexibility index (Phi) is 4.03. The highest BCUT2D eigenvalue weighted by atomic mass is 32.2. The fraction of sp³-hybridized carbons (Fsp3) is 0.0625. The number of carbonyl (C=O) groups excluding carboxylic acids is 2. The Morgan fingerprint density at radius 3 is 2.70 bits per heavy atom. The molecule has 1 aromatic heterocycles. The summed E-state index contributed by atoms with van der Waals surface area (Å²) >= 11 is 0.809. The van der Waals surface area contributed by atoms with E-state index in [0.29, 0.717) is 22.6 Å². The molecule has 116 valence electrons. The maximum atomic E-state index is 11.5. The number of hydrogen-bond acceptors (Lipinski definition) is 5. The van der Waals surface area contributed by atoms with Gasteiger partial charge in [0.15, 0.2) is 0 Å². The third-order valence-corrected chi connectivity index (χ3v) is 3.98. The minimum atomic E-state index is -0.927. The second kappa shape index (κ2) is 6.13. The molecular formula is C16H11NO5S. The van der Waals surface area contributed by atoms with Gasteiger partial charge in [0.1, 0.15) is 11.5 Å². The molecule has 0 radical (unpaired) electrons. The van der Waals surface area contributed by atoms with Crippen LogP contribution in [0.3, 0.4) is 0 Å². The van der Waals surface area contributed by atoms with Gasteiger partial charge in [-0.1, -0.05) is 24.3 Å². The molecule has 0 saturated carbocycles. The van der Waals surface area contributed by atoms with Gasteiger partial charge in [-0.3, -0.25) is 19.7 Å². The van der Waals surface area contributed by atoms with E-state index in [-0.39, 0.29) is 11.3 Å². The Bertz CT molecular complexity index is 837. The Morgan fingerprint density at radius 1 is 1.22 bits per heavy atom. The van der Waals surface area contributed by atoms with Crippen LogP contribution in [0, 0.1) is 0 Å². The largest absolute Gasteiger partial charge is 0.481 e. The fourth-order valence-electron chi connectivity index (χ4n) is 2.20. The van der Waals surface area contributed by atoms with Crippen molar-refractivity contribution < 1.29 is 23.9 Å². The molecule has 0 unspecified atom stereocenters. The molecule has 3 rings (SSSR count). The normalized spacial score (nSPS) is 15.9. The van der Waals surface area contributed by atoms with Gasteiger partial charge in [-0.05, 0) is 29.5 Å². The van der Waals surface area contributed by atoms with Crippen LogP contribution in [0.15, 0.2) is 45.7 Å². The summed E-state index contributed by atoms with van der Waals surface area (Å²) in [6.07, 6.45) is 1.37. The standard InChI is InChI=1S/C16H11NO5S/c18-14(19)7-9-3-1-2-4-11(9)12-6-5-10(22-12)8-13-15(20)17-16(21)23-13/h1-6,8H,7H2,(H,18,19)(H,17,20,21)/b13-8-. The molecule has 0 bridgehead atoms. The number of hydrogen-bond donors (Lipinski definition) is 2. The molecule has 2 heterocycles. The van der Waals surface area contributed by atoms with Crippen LogP contribution in [-0.2, 0) is 16.0 Å². The van der Waals surface area contributed by atoms with Crippen molar-refractivity contribution in [3.8, 4) is 11.3 Å². The summed E-state index contributed by atoms with van der Waals surface area (Å²) in [6.45, 7) is 0. The van der Waals surface area contributed by atoms with E-state index in [1.807, 2.05) is 0 Å². The molecule has 7 heteroatoms. The van der Waals surface area contributed by atoms with Crippen molar-refractivity contribution in [2.75, 3.05) is 0 Å². The first-order valence-corrected chi connectivity index (χ1v) is 7.49. The molecule has 23 heavy (non-hydrogen) atoms. The van der Waals surface area contributed by atoms with Gasteiger partial charge in [-0.2, -0.15) is 0 Å². The summed E-state index contributed by atoms with van der Waals surface area (Å²) in [4.78, 5) is 33.8. The number of carboxylic acid groups (broad SMARTS) is 1. The second-order valence-electron chi connectivity index (χ2n) is 4.78. The monoisotopic (exact) mass is 329 g/mol. The number of rotatable bonds is 4. The fourth-order valence-corrected chi connectivity index (χ4v) is 2.87. The van der Waals surface area contributed by atoms with E-state index in [1.54, 1.807) is 36.4 Å². The van der Waals surface area contributed by atoms with Crippen molar-refractivity contribution in [1.82, 2.24) is 5.32 Å². The highest BCUT2D eigenvalue weighted by Gasteiger charge is 2.25. The summed E-state index contributed by atoms with van der Waals surface area (Å²) in [5, 5.41) is 10.7. The number of benzene rings is 1. The van der Waals surface area contributed by atoms with Crippen molar-refractivity contribution in [2.45, 2.75) is 6.42 Å². The Balaban J connectivity index is 1.91. The first kappa shape index (κ1) is 15.1. The molecular weight excluding hydrogens is 318 g/mol. The first-order valence-electron chi connectivity index (χ1n) is 6.67. The van der Waals surface area contributed by atoms with Crippen LogP contribution < -0.4 is 5.32 Å². The highest BCUT2D eigenvalue weighted by molar-refractivity contribution is 8.18. The zero-order chi connectivity index (χ0) is 16.4. The van der Waals surface area contributed by atoms with Crippen molar-refractivity contribution in [2.24, 2.45) is 0 Å². The van der Waals surface area contributed by atoms with E-state index in [0.717, 1.165) is 11.8 Å². The van der Waals surface area contributed by atoms with E-state index in [4.69, 9.17) is 9.52 Å². The SMILES string of the molecule is O=C(O)Cc1ccccc1-c1ccc(/C=C2\SC(=O)NC2=O)o1. The minimum Gasteiger partial charge on any atom is -0.481 e. The van der Waals surface area contributed by atoms with Gasteiger partial charge in [0.2, 0.25) is 0 Å². The molecule has 1 saturated heterocycles. The van der Waals surface area contributed by atoms with Crippen molar-refractivity contribution in [3.63, 3.8) is 0 Å². The molecule has 2 amide bonds. The number of carboxylic acids is 1. The van der Waals surface area contributed by atoms with E-state index < -0.39 is 17.1 Å². The second-order valence-corrected chi connectivity index (χ2v) is 5.80. The van der Waals surface area contributed by atoms with Gasteiger partial charge in [-0.15, -0.1) is 0 Å². The molecule has 1 aromatic carbocycles. The summed E-state index contributed by atoms with van der Waals surface area (Å²) in [6, 6.07) is 10.4. The number of furan rings is 1. The summed E-state index contributed by atoms with van der Waals surface area (Å²) in [5.74, 6) is -0.464. The first-order chi connectivity index (χ1) is 11.0. The van der Waals surface area contributed by atoms with E-state index in [9.17, 15) is 14.4 Å². The molecule has 2 aromatic rings. The number of thioether (sulfide) groups is 1. The lowest BCUT2D eigenvalue weighted by Crippen LogP contribution is -2.17. The van der Waals surface area contributed by atoms with Gasteiger partial charge in [0.05, 0.1) is 11.3 Å². The highest BCUT2D eigenvalue weighted by Crippen LogP contribution is 2.30. The van der Waals surface area contributed by atoms with Crippen molar-refractivity contribution >= 4 is 35.0 Å². The predicted molar refractivity (Wildman–Crippen MR) is 84.6 cm³/mol. The molecule has 0 aliphatic carbocycles. The molecule has 1 aliphatic rings. The van der Waals surface area contributed by atoms with E-state index in [1.165, 1.54) is 6.08 Å². The van der Waals surface area contributed by atoms with Gasteiger partial charge < -0.3 is 9.52 Å². The Morgan fingerprint density at radius 2 is 2.00 bits per heavy atom. The number of carbonyl (C=O) groups is 3. The van der Waals surface area contributed by atoms with Gasteiger partial charge >= 0.3 is 5.97 Å². The third kappa shape index (κ3) is 3.35. The topological polar surface area (TPSA) is 96.6 Å². The number of nitrogens with one attached hydrogen (secondary N) is 1. The van der Waals surface area contributed by atoms with Crippen LogP contribution in [-0.4, -0.2) is 22.2 Å². The number of amides is 2. The molecule has 0 spiro atoms. The zero-order valence-electron chi connectivity index (χ0n) is 11.7. The summed E-state index contributed by atoms with van der Waals surface area (Å²) in [5.41, 5.74) is 1.32. The Labute approximate surface area is 135 Å². The minimum absolute atomic E-state index is 0.111. The average Bonchev–Trinajstić information content (AvgIpc) is 3.06. The lowest BCUT2D eigenvalue weighted by atomic mass is 10.0. The summed E-state index contributed by atoms with van der Waals surface area (Å²) < 4.78 is 5.66. The van der Waals surface area contributed by atoms with E-state index >= 15 is 0 Å². The van der Waals surface area contributed by atoms with Gasteiger partial charge in [0, 0.05) is 11.6 Å². The van der Waals surface area contributed by atoms with Crippen LogP contribution in [0.4, 0.5) is 4.79 Å². The Hall–Kier alpha value is -2.80. The third-order valence-electron chi connectivity index (χ3n) is 3.17. The number of imide groups is 1. The molecule has 1 fully saturated rings. The average molecular weight is 329 g/mol. The lowest BCUT2D eigenvalue weighted by Gasteiger charge is -2.04. The van der Waals surface area contributed by atoms with Crippen molar-refractivity contribution in [3.05, 3.63) is 52.6 Å². The van der Waals surface area contributed by atoms with Crippen LogP contribution in [0.1, 0.15) is 11.3 Å². The molecule has 6 nitrogen and oxygen atoms in total. The number of aliphatic carboxylic acids is 1.